The predicted molar refractivity (Wildman–Crippen MR) is 62.0 cm³/mol. The zero-order valence-electron chi connectivity index (χ0n) is 9.97. The number of nitrogens with zero attached hydrogens (tertiary/aromatic N) is 1. The van der Waals surface area contributed by atoms with Crippen molar-refractivity contribution in [3.05, 3.63) is 35.4 Å². The monoisotopic (exact) mass is 233 g/mol. The van der Waals surface area contributed by atoms with Crippen LogP contribution in [0.1, 0.15) is 29.9 Å². The summed E-state index contributed by atoms with van der Waals surface area (Å²) in [5.41, 5.74) is 2.09. The second kappa shape index (κ2) is 4.67. The highest BCUT2D eigenvalue weighted by molar-refractivity contribution is 5.99. The topological polar surface area (TPSA) is 46.6 Å². The van der Waals surface area contributed by atoms with E-state index in [1.165, 1.54) is 7.11 Å². The van der Waals surface area contributed by atoms with Crippen LogP contribution in [0.3, 0.4) is 0 Å². The van der Waals surface area contributed by atoms with Gasteiger partial charge in [0.1, 0.15) is 0 Å². The summed E-state index contributed by atoms with van der Waals surface area (Å²) in [5.74, 6) is -0.804. The molecule has 17 heavy (non-hydrogen) atoms. The largest absolute Gasteiger partial charge is 0.272 e. The first kappa shape index (κ1) is 11.8. The van der Waals surface area contributed by atoms with E-state index in [1.807, 2.05) is 31.2 Å². The molecule has 1 unspecified atom stereocenters. The van der Waals surface area contributed by atoms with Gasteiger partial charge in [-0.2, -0.15) is 5.06 Å². The number of hydrogen-bond acceptors (Lipinski definition) is 3. The van der Waals surface area contributed by atoms with Crippen molar-refractivity contribution in [2.75, 3.05) is 7.11 Å². The molecular formula is C13H15NO3. The minimum atomic E-state index is -0.271. The molecule has 1 aliphatic rings. The maximum atomic E-state index is 12.0. The molecule has 0 radical (unpaired) electrons. The molecule has 1 atom stereocenters. The van der Waals surface area contributed by atoms with E-state index in [9.17, 15) is 9.59 Å². The second-order valence-corrected chi connectivity index (χ2v) is 4.21. The van der Waals surface area contributed by atoms with E-state index in [0.717, 1.165) is 16.2 Å². The Morgan fingerprint density at radius 1 is 1.24 bits per heavy atom. The predicted octanol–water partition coefficient (Wildman–Crippen LogP) is 1.79. The van der Waals surface area contributed by atoms with Gasteiger partial charge < -0.3 is 0 Å². The third-order valence-corrected chi connectivity index (χ3v) is 3.03. The summed E-state index contributed by atoms with van der Waals surface area (Å²) in [7, 11) is 1.34. The van der Waals surface area contributed by atoms with Gasteiger partial charge in [0.2, 0.25) is 0 Å². The average molecular weight is 233 g/mol. The summed E-state index contributed by atoms with van der Waals surface area (Å²) >= 11 is 0. The molecule has 2 amide bonds. The van der Waals surface area contributed by atoms with Crippen LogP contribution < -0.4 is 0 Å². The molecule has 1 aliphatic heterocycles. The smallest absolute Gasteiger partial charge is 0.261 e. The molecule has 0 bridgehead atoms. The van der Waals surface area contributed by atoms with Gasteiger partial charge in [-0.3, -0.25) is 14.4 Å². The summed E-state index contributed by atoms with van der Waals surface area (Å²) in [6.45, 7) is 2.00. The summed E-state index contributed by atoms with van der Waals surface area (Å²) in [4.78, 5) is 28.3. The van der Waals surface area contributed by atoms with E-state index >= 15 is 0 Å². The standard InChI is InChI=1S/C13H15NO3/c1-9-3-5-10(6-4-9)11-7-8-12(15)14(17-2)13(11)16/h3-6,11H,7-8H2,1-2H3. The van der Waals surface area contributed by atoms with Gasteiger partial charge in [0.05, 0.1) is 13.0 Å². The molecule has 1 heterocycles. The highest BCUT2D eigenvalue weighted by Crippen LogP contribution is 2.28. The lowest BCUT2D eigenvalue weighted by atomic mass is 9.90. The Hall–Kier alpha value is -1.68. The molecule has 0 N–H and O–H groups in total. The lowest BCUT2D eigenvalue weighted by molar-refractivity contribution is -0.192. The fourth-order valence-corrected chi connectivity index (χ4v) is 2.06. The summed E-state index contributed by atoms with van der Waals surface area (Å²) in [6, 6.07) is 7.80. The van der Waals surface area contributed by atoms with Crippen molar-refractivity contribution < 1.29 is 14.4 Å². The van der Waals surface area contributed by atoms with Gasteiger partial charge in [0.25, 0.3) is 11.8 Å². The molecule has 90 valence electrons. The van der Waals surface area contributed by atoms with Gasteiger partial charge in [0, 0.05) is 6.42 Å². The lowest BCUT2D eigenvalue weighted by Gasteiger charge is -2.28. The fourth-order valence-electron chi connectivity index (χ4n) is 2.06. The van der Waals surface area contributed by atoms with Gasteiger partial charge >= 0.3 is 0 Å². The Morgan fingerprint density at radius 3 is 2.47 bits per heavy atom. The quantitative estimate of drug-likeness (QED) is 0.732. The molecule has 0 aliphatic carbocycles. The average Bonchev–Trinajstić information content (AvgIpc) is 2.31. The Kier molecular flexibility index (Phi) is 3.24. The van der Waals surface area contributed by atoms with E-state index in [4.69, 9.17) is 4.84 Å². The third-order valence-electron chi connectivity index (χ3n) is 3.03. The highest BCUT2D eigenvalue weighted by Gasteiger charge is 2.35. The van der Waals surface area contributed by atoms with Crippen LogP contribution in [0.2, 0.25) is 0 Å². The summed E-state index contributed by atoms with van der Waals surface area (Å²) in [5, 5.41) is 0.869. The maximum Gasteiger partial charge on any atom is 0.261 e. The molecule has 4 heteroatoms. The minimum Gasteiger partial charge on any atom is -0.272 e. The fraction of sp³-hybridized carbons (Fsp3) is 0.385. The number of hydroxylamine groups is 2. The van der Waals surface area contributed by atoms with Crippen molar-refractivity contribution in [3.63, 3.8) is 0 Å². The number of amides is 2. The molecule has 1 aromatic rings. The molecule has 4 nitrogen and oxygen atoms in total. The molecule has 2 rings (SSSR count). The van der Waals surface area contributed by atoms with Crippen LogP contribution in [0.25, 0.3) is 0 Å². The van der Waals surface area contributed by atoms with Crippen molar-refractivity contribution in [1.29, 1.82) is 0 Å². The van der Waals surface area contributed by atoms with Gasteiger partial charge in [-0.15, -0.1) is 0 Å². The first-order valence-corrected chi connectivity index (χ1v) is 5.61. The van der Waals surface area contributed by atoms with Crippen LogP contribution in [0.5, 0.6) is 0 Å². The highest BCUT2D eigenvalue weighted by atomic mass is 16.7. The molecule has 1 saturated heterocycles. The normalized spacial score (nSPS) is 20.8. The van der Waals surface area contributed by atoms with Crippen molar-refractivity contribution in [2.24, 2.45) is 0 Å². The number of aryl methyl sites for hydroxylation is 1. The summed E-state index contributed by atoms with van der Waals surface area (Å²) < 4.78 is 0. The number of rotatable bonds is 2. The van der Waals surface area contributed by atoms with Crippen LogP contribution in [-0.4, -0.2) is 24.0 Å². The van der Waals surface area contributed by atoms with Crippen molar-refractivity contribution >= 4 is 11.8 Å². The first-order chi connectivity index (χ1) is 8.13. The molecule has 0 aromatic heterocycles. The van der Waals surface area contributed by atoms with Crippen LogP contribution in [0.4, 0.5) is 0 Å². The second-order valence-electron chi connectivity index (χ2n) is 4.21. The van der Waals surface area contributed by atoms with E-state index in [1.54, 1.807) is 0 Å². The number of imide groups is 1. The third kappa shape index (κ3) is 2.22. The first-order valence-electron chi connectivity index (χ1n) is 5.61. The minimum absolute atomic E-state index is 0.263. The van der Waals surface area contributed by atoms with E-state index in [-0.39, 0.29) is 17.7 Å². The van der Waals surface area contributed by atoms with Crippen molar-refractivity contribution in [3.8, 4) is 0 Å². The van der Waals surface area contributed by atoms with Crippen molar-refractivity contribution in [2.45, 2.75) is 25.7 Å². The molecule has 0 saturated carbocycles. The van der Waals surface area contributed by atoms with E-state index in [0.29, 0.717) is 12.8 Å². The van der Waals surface area contributed by atoms with Crippen LogP contribution >= 0.6 is 0 Å². The van der Waals surface area contributed by atoms with Gasteiger partial charge in [0.15, 0.2) is 0 Å². The number of piperidine rings is 1. The Balaban J connectivity index is 2.25. The van der Waals surface area contributed by atoms with Crippen LogP contribution in [-0.2, 0) is 14.4 Å². The Labute approximate surface area is 100 Å². The molecule has 0 spiro atoms. The maximum absolute atomic E-state index is 12.0. The van der Waals surface area contributed by atoms with E-state index < -0.39 is 0 Å². The number of carbonyl (C=O) groups is 2. The Morgan fingerprint density at radius 2 is 1.88 bits per heavy atom. The molecular weight excluding hydrogens is 218 g/mol. The van der Waals surface area contributed by atoms with Crippen LogP contribution in [0, 0.1) is 6.92 Å². The number of benzene rings is 1. The van der Waals surface area contributed by atoms with Crippen molar-refractivity contribution in [1.82, 2.24) is 5.06 Å². The van der Waals surface area contributed by atoms with Crippen LogP contribution in [0.15, 0.2) is 24.3 Å². The zero-order chi connectivity index (χ0) is 12.4. The van der Waals surface area contributed by atoms with Gasteiger partial charge in [-0.25, -0.2) is 0 Å². The number of carbonyl (C=O) groups excluding carboxylic acids is 2. The number of hydrogen-bond donors (Lipinski definition) is 0. The zero-order valence-corrected chi connectivity index (χ0v) is 9.97. The molecule has 1 aromatic carbocycles. The lowest BCUT2D eigenvalue weighted by Crippen LogP contribution is -2.43. The Bertz CT molecular complexity index is 438. The molecule has 1 fully saturated rings. The summed E-state index contributed by atoms with van der Waals surface area (Å²) in [6.07, 6.45) is 0.901. The SMILES string of the molecule is CON1C(=O)CCC(c2ccc(C)cc2)C1=O. The van der Waals surface area contributed by atoms with E-state index in [2.05, 4.69) is 0 Å². The van der Waals surface area contributed by atoms with Gasteiger partial charge in [-0.05, 0) is 18.9 Å². The van der Waals surface area contributed by atoms with Gasteiger partial charge in [-0.1, -0.05) is 29.8 Å².